The van der Waals surface area contributed by atoms with Gasteiger partial charge in [0.25, 0.3) is 0 Å². The Hall–Kier alpha value is -1.34. The highest BCUT2D eigenvalue weighted by Crippen LogP contribution is 2.27. The molecule has 1 aliphatic heterocycles. The van der Waals surface area contributed by atoms with Crippen LogP contribution in [0.1, 0.15) is 47.0 Å². The van der Waals surface area contributed by atoms with Gasteiger partial charge in [-0.25, -0.2) is 4.79 Å². The van der Waals surface area contributed by atoms with Gasteiger partial charge in [0.05, 0.1) is 12.0 Å². The average Bonchev–Trinajstić information content (AvgIpc) is 2.36. The Balaban J connectivity index is 2.59. The van der Waals surface area contributed by atoms with Gasteiger partial charge in [0.1, 0.15) is 5.60 Å². The maximum absolute atomic E-state index is 12.0. The van der Waals surface area contributed by atoms with Gasteiger partial charge in [-0.15, -0.1) is 0 Å². The van der Waals surface area contributed by atoms with Gasteiger partial charge in [-0.1, -0.05) is 13.3 Å². The number of rotatable bonds is 8. The number of carboxylic acid groups (broad SMARTS) is 1. The second kappa shape index (κ2) is 7.97. The van der Waals surface area contributed by atoms with Crippen LogP contribution in [-0.4, -0.2) is 64.6 Å². The lowest BCUT2D eigenvalue weighted by atomic mass is 9.85. The van der Waals surface area contributed by atoms with E-state index in [4.69, 9.17) is 14.9 Å². The molecule has 1 atom stereocenters. The zero-order valence-corrected chi connectivity index (χ0v) is 14.6. The molecule has 3 N–H and O–H groups in total. The van der Waals surface area contributed by atoms with Crippen LogP contribution in [0.5, 0.6) is 0 Å². The topological polar surface area (TPSA) is 99.1 Å². The Labute approximate surface area is 138 Å². The number of carbonyl (C=O) groups is 2. The summed E-state index contributed by atoms with van der Waals surface area (Å²) in [5.41, 5.74) is -1.17. The second-order valence-corrected chi connectivity index (χ2v) is 7.35. The van der Waals surface area contributed by atoms with Crippen LogP contribution in [0.25, 0.3) is 0 Å². The molecule has 1 heterocycles. The molecule has 0 aromatic carbocycles. The minimum absolute atomic E-state index is 0.0398. The van der Waals surface area contributed by atoms with Gasteiger partial charge in [-0.3, -0.25) is 4.79 Å². The van der Waals surface area contributed by atoms with Gasteiger partial charge in [0, 0.05) is 19.7 Å². The van der Waals surface area contributed by atoms with Crippen molar-refractivity contribution in [2.75, 3.05) is 26.2 Å². The van der Waals surface area contributed by atoms with E-state index in [9.17, 15) is 9.59 Å². The number of carbonyl (C=O) groups excluding carboxylic acids is 1. The zero-order chi connectivity index (χ0) is 17.7. The van der Waals surface area contributed by atoms with E-state index in [0.717, 1.165) is 6.42 Å². The number of amides is 1. The molecule has 0 aromatic rings. The van der Waals surface area contributed by atoms with Crippen LogP contribution in [0.4, 0.5) is 4.79 Å². The monoisotopic (exact) mass is 330 g/mol. The predicted octanol–water partition coefficient (Wildman–Crippen LogP) is 1.45. The number of aliphatic carboxylic acids is 1. The van der Waals surface area contributed by atoms with Crippen LogP contribution in [0.15, 0.2) is 0 Å². The number of hydrogen-bond acceptors (Lipinski definition) is 5. The van der Waals surface area contributed by atoms with E-state index in [0.29, 0.717) is 32.0 Å². The lowest BCUT2D eigenvalue weighted by molar-refractivity contribution is -0.141. The summed E-state index contributed by atoms with van der Waals surface area (Å²) in [4.78, 5) is 24.7. The second-order valence-electron chi connectivity index (χ2n) is 7.35. The van der Waals surface area contributed by atoms with Crippen molar-refractivity contribution in [2.24, 2.45) is 5.92 Å². The summed E-state index contributed by atoms with van der Waals surface area (Å²) in [5, 5.41) is 21.5. The highest BCUT2D eigenvalue weighted by Gasteiger charge is 2.47. The van der Waals surface area contributed by atoms with E-state index in [-0.39, 0.29) is 13.0 Å². The first-order chi connectivity index (χ1) is 10.6. The summed E-state index contributed by atoms with van der Waals surface area (Å²) in [6, 6.07) is 0. The number of aliphatic hydroxyl groups is 1. The summed E-state index contributed by atoms with van der Waals surface area (Å²) in [6.07, 6.45) is 1.14. The first kappa shape index (κ1) is 19.7. The third-order valence-corrected chi connectivity index (χ3v) is 4.01. The Morgan fingerprint density at radius 3 is 2.39 bits per heavy atom. The molecule has 0 radical (unpaired) electrons. The maximum atomic E-state index is 12.0. The fourth-order valence-electron chi connectivity index (χ4n) is 2.71. The molecule has 7 heteroatoms. The van der Waals surface area contributed by atoms with Gasteiger partial charge >= 0.3 is 12.1 Å². The third-order valence-electron chi connectivity index (χ3n) is 4.01. The molecular weight excluding hydrogens is 300 g/mol. The van der Waals surface area contributed by atoms with E-state index in [1.165, 1.54) is 4.90 Å². The fourth-order valence-corrected chi connectivity index (χ4v) is 2.71. The Bertz CT molecular complexity index is 413. The average molecular weight is 330 g/mol. The lowest BCUT2D eigenvalue weighted by Crippen LogP contribution is -2.71. The first-order valence-corrected chi connectivity index (χ1v) is 8.16. The van der Waals surface area contributed by atoms with Gasteiger partial charge < -0.3 is 25.2 Å². The van der Waals surface area contributed by atoms with E-state index >= 15 is 0 Å². The summed E-state index contributed by atoms with van der Waals surface area (Å²) in [5.74, 6) is -0.599. The SMILES string of the molecule is CCC(CCO)CNC1(CC(=O)O)CN(C(=O)OC(C)(C)C)C1. The number of likely N-dealkylation sites (tertiary alicyclic amines) is 1. The predicted molar refractivity (Wildman–Crippen MR) is 86.3 cm³/mol. The molecule has 1 amide bonds. The number of nitrogens with one attached hydrogen (secondary N) is 1. The van der Waals surface area contributed by atoms with Crippen molar-refractivity contribution in [1.29, 1.82) is 0 Å². The highest BCUT2D eigenvalue weighted by molar-refractivity contribution is 5.73. The molecule has 0 aliphatic carbocycles. The molecule has 0 aromatic heterocycles. The van der Waals surface area contributed by atoms with Crippen molar-refractivity contribution in [1.82, 2.24) is 10.2 Å². The minimum atomic E-state index is -0.892. The normalized spacial score (nSPS) is 18.2. The number of hydrogen-bond donors (Lipinski definition) is 3. The highest BCUT2D eigenvalue weighted by atomic mass is 16.6. The molecule has 1 unspecified atom stereocenters. The fraction of sp³-hybridized carbons (Fsp3) is 0.875. The first-order valence-electron chi connectivity index (χ1n) is 8.16. The van der Waals surface area contributed by atoms with Crippen molar-refractivity contribution in [3.8, 4) is 0 Å². The Morgan fingerprint density at radius 1 is 1.35 bits per heavy atom. The molecule has 23 heavy (non-hydrogen) atoms. The maximum Gasteiger partial charge on any atom is 0.410 e. The van der Waals surface area contributed by atoms with Crippen molar-refractivity contribution in [3.05, 3.63) is 0 Å². The molecule has 1 saturated heterocycles. The van der Waals surface area contributed by atoms with Crippen molar-refractivity contribution in [3.63, 3.8) is 0 Å². The molecule has 1 rings (SSSR count). The number of carboxylic acids is 1. The van der Waals surface area contributed by atoms with Crippen molar-refractivity contribution >= 4 is 12.1 Å². The van der Waals surface area contributed by atoms with E-state index in [2.05, 4.69) is 5.32 Å². The van der Waals surface area contributed by atoms with Crippen LogP contribution in [0, 0.1) is 5.92 Å². The quantitative estimate of drug-likeness (QED) is 0.623. The molecule has 0 spiro atoms. The van der Waals surface area contributed by atoms with Gasteiger partial charge in [0.15, 0.2) is 0 Å². The summed E-state index contributed by atoms with van der Waals surface area (Å²) >= 11 is 0. The molecule has 0 bridgehead atoms. The van der Waals surface area contributed by atoms with Crippen molar-refractivity contribution in [2.45, 2.75) is 58.1 Å². The van der Waals surface area contributed by atoms with Gasteiger partial charge in [0.2, 0.25) is 0 Å². The van der Waals surface area contributed by atoms with Crippen LogP contribution in [0.3, 0.4) is 0 Å². The smallest absolute Gasteiger partial charge is 0.410 e. The van der Waals surface area contributed by atoms with Crippen LogP contribution in [0.2, 0.25) is 0 Å². The minimum Gasteiger partial charge on any atom is -0.481 e. The summed E-state index contributed by atoms with van der Waals surface area (Å²) < 4.78 is 5.30. The molecule has 134 valence electrons. The van der Waals surface area contributed by atoms with Gasteiger partial charge in [-0.2, -0.15) is 0 Å². The molecule has 1 aliphatic rings. The van der Waals surface area contributed by atoms with E-state index < -0.39 is 23.2 Å². The molecular formula is C16H30N2O5. The standard InChI is InChI=1S/C16H30N2O5/c1-5-12(6-7-19)9-17-16(8-13(20)21)10-18(11-16)14(22)23-15(2,3)4/h12,17,19H,5-11H2,1-4H3,(H,20,21). The Kier molecular flexibility index (Phi) is 6.83. The Morgan fingerprint density at radius 2 is 1.96 bits per heavy atom. The van der Waals surface area contributed by atoms with Crippen molar-refractivity contribution < 1.29 is 24.5 Å². The molecule has 1 fully saturated rings. The number of aliphatic hydroxyl groups excluding tert-OH is 1. The number of ether oxygens (including phenoxy) is 1. The molecule has 7 nitrogen and oxygen atoms in total. The number of nitrogens with zero attached hydrogens (tertiary/aromatic N) is 1. The van der Waals surface area contributed by atoms with E-state index in [1.807, 2.05) is 6.92 Å². The van der Waals surface area contributed by atoms with Crippen LogP contribution < -0.4 is 5.32 Å². The molecule has 0 saturated carbocycles. The zero-order valence-electron chi connectivity index (χ0n) is 14.6. The van der Waals surface area contributed by atoms with Crippen LogP contribution >= 0.6 is 0 Å². The van der Waals surface area contributed by atoms with Crippen LogP contribution in [-0.2, 0) is 9.53 Å². The van der Waals surface area contributed by atoms with Gasteiger partial charge in [-0.05, 0) is 39.7 Å². The summed E-state index contributed by atoms with van der Waals surface area (Å²) in [6.45, 7) is 8.84. The third kappa shape index (κ3) is 6.35. The lowest BCUT2D eigenvalue weighted by Gasteiger charge is -2.50. The van der Waals surface area contributed by atoms with E-state index in [1.54, 1.807) is 20.8 Å². The summed E-state index contributed by atoms with van der Waals surface area (Å²) in [7, 11) is 0. The largest absolute Gasteiger partial charge is 0.481 e.